The molecule has 0 aliphatic carbocycles. The Morgan fingerprint density at radius 2 is 2.00 bits per heavy atom. The first-order chi connectivity index (χ1) is 9.62. The normalized spacial score (nSPS) is 10.2. The lowest BCUT2D eigenvalue weighted by Gasteiger charge is -2.08. The SMILES string of the molecule is CCNc1nc(OC)nc(Oc2ccc(F)cc2Cl)n1. The van der Waals surface area contributed by atoms with Gasteiger partial charge in [-0.3, -0.25) is 0 Å². The van der Waals surface area contributed by atoms with E-state index in [1.807, 2.05) is 6.92 Å². The van der Waals surface area contributed by atoms with E-state index in [1.165, 1.54) is 19.2 Å². The van der Waals surface area contributed by atoms with Crippen LogP contribution in [0.2, 0.25) is 5.02 Å². The molecule has 0 fully saturated rings. The molecular weight excluding hydrogens is 287 g/mol. The number of hydrogen-bond acceptors (Lipinski definition) is 6. The van der Waals surface area contributed by atoms with E-state index in [9.17, 15) is 4.39 Å². The zero-order valence-electron chi connectivity index (χ0n) is 10.9. The van der Waals surface area contributed by atoms with Gasteiger partial charge in [0.25, 0.3) is 0 Å². The van der Waals surface area contributed by atoms with Crippen LogP contribution in [0.25, 0.3) is 0 Å². The highest BCUT2D eigenvalue weighted by atomic mass is 35.5. The third kappa shape index (κ3) is 3.45. The average Bonchev–Trinajstić information content (AvgIpc) is 2.42. The quantitative estimate of drug-likeness (QED) is 0.915. The number of halogens is 2. The van der Waals surface area contributed by atoms with Gasteiger partial charge in [0.05, 0.1) is 12.1 Å². The van der Waals surface area contributed by atoms with Crippen molar-refractivity contribution in [3.05, 3.63) is 29.0 Å². The second-order valence-electron chi connectivity index (χ2n) is 3.64. The van der Waals surface area contributed by atoms with E-state index in [0.717, 1.165) is 6.07 Å². The van der Waals surface area contributed by atoms with Crippen molar-refractivity contribution in [3.63, 3.8) is 0 Å². The van der Waals surface area contributed by atoms with Crippen LogP contribution in [0.4, 0.5) is 10.3 Å². The summed E-state index contributed by atoms with van der Waals surface area (Å²) >= 11 is 5.87. The highest BCUT2D eigenvalue weighted by molar-refractivity contribution is 6.32. The first-order valence-electron chi connectivity index (χ1n) is 5.79. The zero-order valence-corrected chi connectivity index (χ0v) is 11.6. The molecule has 0 radical (unpaired) electrons. The lowest BCUT2D eigenvalue weighted by molar-refractivity contribution is 0.360. The highest BCUT2D eigenvalue weighted by Gasteiger charge is 2.11. The van der Waals surface area contributed by atoms with Gasteiger partial charge in [0.2, 0.25) is 5.95 Å². The predicted molar refractivity (Wildman–Crippen MR) is 72.0 cm³/mol. The maximum atomic E-state index is 13.0. The molecule has 0 saturated carbocycles. The Hall–Kier alpha value is -2.15. The summed E-state index contributed by atoms with van der Waals surface area (Å²) in [5.41, 5.74) is 0. The van der Waals surface area contributed by atoms with Gasteiger partial charge in [0.15, 0.2) is 0 Å². The second kappa shape index (κ2) is 6.33. The second-order valence-corrected chi connectivity index (χ2v) is 4.04. The van der Waals surface area contributed by atoms with Crippen molar-refractivity contribution in [3.8, 4) is 17.8 Å². The molecule has 20 heavy (non-hydrogen) atoms. The van der Waals surface area contributed by atoms with Gasteiger partial charge >= 0.3 is 12.0 Å². The smallest absolute Gasteiger partial charge is 0.330 e. The molecule has 1 heterocycles. The molecule has 0 aliphatic heterocycles. The number of rotatable bonds is 5. The largest absolute Gasteiger partial charge is 0.467 e. The van der Waals surface area contributed by atoms with Gasteiger partial charge in [0, 0.05) is 6.54 Å². The van der Waals surface area contributed by atoms with Crippen molar-refractivity contribution in [2.24, 2.45) is 0 Å². The van der Waals surface area contributed by atoms with Gasteiger partial charge in [-0.25, -0.2) is 4.39 Å². The third-order valence-electron chi connectivity index (χ3n) is 2.21. The van der Waals surface area contributed by atoms with E-state index >= 15 is 0 Å². The minimum atomic E-state index is -0.455. The van der Waals surface area contributed by atoms with Crippen molar-refractivity contribution in [2.45, 2.75) is 6.92 Å². The van der Waals surface area contributed by atoms with Crippen LogP contribution in [0, 0.1) is 5.82 Å². The Morgan fingerprint density at radius 3 is 2.65 bits per heavy atom. The number of nitrogens with one attached hydrogen (secondary N) is 1. The van der Waals surface area contributed by atoms with E-state index in [4.69, 9.17) is 21.1 Å². The number of methoxy groups -OCH3 is 1. The fourth-order valence-corrected chi connectivity index (χ4v) is 1.57. The summed E-state index contributed by atoms with van der Waals surface area (Å²) < 4.78 is 23.3. The fraction of sp³-hybridized carbons (Fsp3) is 0.250. The maximum Gasteiger partial charge on any atom is 0.330 e. The van der Waals surface area contributed by atoms with E-state index in [2.05, 4.69) is 20.3 Å². The number of nitrogens with zero attached hydrogens (tertiary/aromatic N) is 3. The Morgan fingerprint density at radius 1 is 1.25 bits per heavy atom. The van der Waals surface area contributed by atoms with Crippen molar-refractivity contribution in [1.29, 1.82) is 0 Å². The predicted octanol–water partition coefficient (Wildman–Crippen LogP) is 2.90. The molecule has 0 atom stereocenters. The number of benzene rings is 1. The van der Waals surface area contributed by atoms with Gasteiger partial charge < -0.3 is 14.8 Å². The Labute approximate surface area is 119 Å². The Kier molecular flexibility index (Phi) is 4.52. The van der Waals surface area contributed by atoms with Gasteiger partial charge in [-0.05, 0) is 25.1 Å². The van der Waals surface area contributed by atoms with Crippen LogP contribution < -0.4 is 14.8 Å². The summed E-state index contributed by atoms with van der Waals surface area (Å²) in [7, 11) is 1.43. The van der Waals surface area contributed by atoms with Crippen molar-refractivity contribution in [2.75, 3.05) is 19.0 Å². The van der Waals surface area contributed by atoms with E-state index in [0.29, 0.717) is 12.5 Å². The number of aromatic nitrogens is 3. The highest BCUT2D eigenvalue weighted by Crippen LogP contribution is 2.28. The van der Waals surface area contributed by atoms with Crippen LogP contribution in [-0.2, 0) is 0 Å². The van der Waals surface area contributed by atoms with Crippen molar-refractivity contribution >= 4 is 17.5 Å². The van der Waals surface area contributed by atoms with Gasteiger partial charge in [-0.1, -0.05) is 11.6 Å². The first-order valence-corrected chi connectivity index (χ1v) is 6.17. The van der Waals surface area contributed by atoms with Crippen molar-refractivity contribution < 1.29 is 13.9 Å². The molecule has 1 aromatic carbocycles. The van der Waals surface area contributed by atoms with Crippen molar-refractivity contribution in [1.82, 2.24) is 15.0 Å². The summed E-state index contributed by atoms with van der Waals surface area (Å²) in [6.45, 7) is 2.53. The molecule has 0 spiro atoms. The van der Waals surface area contributed by atoms with Gasteiger partial charge in [-0.15, -0.1) is 4.98 Å². The molecule has 8 heteroatoms. The average molecular weight is 299 g/mol. The van der Waals surface area contributed by atoms with Crippen LogP contribution in [0.5, 0.6) is 17.8 Å². The topological polar surface area (TPSA) is 69.2 Å². The molecule has 0 bridgehead atoms. The summed E-state index contributed by atoms with van der Waals surface area (Å²) in [5.74, 6) is 0.0975. The molecule has 1 aromatic heterocycles. The van der Waals surface area contributed by atoms with Crippen LogP contribution >= 0.6 is 11.6 Å². The first kappa shape index (κ1) is 14.3. The maximum absolute atomic E-state index is 13.0. The molecule has 0 saturated heterocycles. The number of ether oxygens (including phenoxy) is 2. The lowest BCUT2D eigenvalue weighted by Crippen LogP contribution is -2.06. The summed E-state index contributed by atoms with van der Waals surface area (Å²) in [5, 5.41) is 3.04. The molecule has 2 rings (SSSR count). The standard InChI is InChI=1S/C12H12ClFN4O2/c1-3-15-10-16-11(19-2)18-12(17-10)20-9-5-4-7(14)6-8(9)13/h4-6H,3H2,1-2H3,(H,15,16,17,18). The van der Waals surface area contributed by atoms with Gasteiger partial charge in [0.1, 0.15) is 11.6 Å². The lowest BCUT2D eigenvalue weighted by atomic mass is 10.3. The number of hydrogen-bond donors (Lipinski definition) is 1. The third-order valence-corrected chi connectivity index (χ3v) is 2.50. The van der Waals surface area contributed by atoms with Crippen LogP contribution in [0.3, 0.4) is 0 Å². The van der Waals surface area contributed by atoms with Crippen LogP contribution in [-0.4, -0.2) is 28.6 Å². The van der Waals surface area contributed by atoms with Crippen LogP contribution in [0.1, 0.15) is 6.92 Å². The Balaban J connectivity index is 2.29. The number of anilines is 1. The summed E-state index contributed by atoms with van der Waals surface area (Å²) in [4.78, 5) is 12.0. The minimum Gasteiger partial charge on any atom is -0.467 e. The molecule has 2 aromatic rings. The van der Waals surface area contributed by atoms with Crippen LogP contribution in [0.15, 0.2) is 18.2 Å². The molecular formula is C12H12ClFN4O2. The molecule has 106 valence electrons. The zero-order chi connectivity index (χ0) is 14.5. The molecule has 0 unspecified atom stereocenters. The Bertz CT molecular complexity index is 612. The minimum absolute atomic E-state index is 0.00121. The monoisotopic (exact) mass is 298 g/mol. The molecule has 0 aliphatic rings. The fourth-order valence-electron chi connectivity index (χ4n) is 1.37. The van der Waals surface area contributed by atoms with E-state index in [1.54, 1.807) is 0 Å². The summed E-state index contributed by atoms with van der Waals surface area (Å²) in [6, 6.07) is 3.86. The summed E-state index contributed by atoms with van der Waals surface area (Å²) in [6.07, 6.45) is 0. The molecule has 0 amide bonds. The molecule has 1 N–H and O–H groups in total. The van der Waals surface area contributed by atoms with Gasteiger partial charge in [-0.2, -0.15) is 9.97 Å². The van der Waals surface area contributed by atoms with E-state index in [-0.39, 0.29) is 22.8 Å². The van der Waals surface area contributed by atoms with E-state index < -0.39 is 5.82 Å². The molecule has 6 nitrogen and oxygen atoms in total.